The van der Waals surface area contributed by atoms with Gasteiger partial charge < -0.3 is 21.2 Å². The number of nitrogens with zero attached hydrogens (tertiary/aromatic N) is 2. The second-order valence-corrected chi connectivity index (χ2v) is 5.18. The largest absolute Gasteiger partial charge is 0.409 e. The molecular weight excluding hydrogens is 216 g/mol. The Labute approximate surface area is 105 Å². The highest BCUT2D eigenvalue weighted by atomic mass is 16.4. The summed E-state index contributed by atoms with van der Waals surface area (Å²) in [6.45, 7) is 7.51. The van der Waals surface area contributed by atoms with Crippen molar-refractivity contribution >= 4 is 5.84 Å². The molecule has 0 aromatic carbocycles. The van der Waals surface area contributed by atoms with Crippen LogP contribution >= 0.6 is 0 Å². The Kier molecular flexibility index (Phi) is 7.91. The molecule has 0 radical (unpaired) electrons. The van der Waals surface area contributed by atoms with Crippen LogP contribution in [0.1, 0.15) is 33.6 Å². The first-order valence-electron chi connectivity index (χ1n) is 6.27. The van der Waals surface area contributed by atoms with Crippen molar-refractivity contribution in [2.24, 2.45) is 16.8 Å². The molecule has 0 fully saturated rings. The number of rotatable bonds is 8. The Morgan fingerprint density at radius 3 is 2.35 bits per heavy atom. The van der Waals surface area contributed by atoms with E-state index in [9.17, 15) is 0 Å². The molecule has 4 N–H and O–H groups in total. The Bertz CT molecular complexity index is 229. The zero-order chi connectivity index (χ0) is 13.4. The fraction of sp³-hybridized carbons (Fsp3) is 0.917. The monoisotopic (exact) mass is 244 g/mol. The Morgan fingerprint density at radius 1 is 1.41 bits per heavy atom. The maximum atomic E-state index is 8.59. The lowest BCUT2D eigenvalue weighted by molar-refractivity contribution is 0.265. The Balaban J connectivity index is 4.38. The summed E-state index contributed by atoms with van der Waals surface area (Å²) in [7, 11) is 4.14. The zero-order valence-corrected chi connectivity index (χ0v) is 11.8. The molecule has 0 amide bonds. The van der Waals surface area contributed by atoms with Gasteiger partial charge >= 0.3 is 0 Å². The minimum atomic E-state index is 0.262. The van der Waals surface area contributed by atoms with E-state index in [-0.39, 0.29) is 11.9 Å². The lowest BCUT2D eigenvalue weighted by atomic mass is 10.0. The van der Waals surface area contributed by atoms with Gasteiger partial charge in [0.2, 0.25) is 0 Å². The van der Waals surface area contributed by atoms with E-state index in [0.29, 0.717) is 18.4 Å². The highest BCUT2D eigenvalue weighted by molar-refractivity contribution is 5.80. The quantitative estimate of drug-likeness (QED) is 0.258. The van der Waals surface area contributed by atoms with Crippen molar-refractivity contribution in [3.63, 3.8) is 0 Å². The van der Waals surface area contributed by atoms with Gasteiger partial charge in [0.05, 0.1) is 0 Å². The van der Waals surface area contributed by atoms with Gasteiger partial charge in [-0.15, -0.1) is 0 Å². The average Bonchev–Trinajstić information content (AvgIpc) is 2.25. The second-order valence-electron chi connectivity index (χ2n) is 5.18. The van der Waals surface area contributed by atoms with Crippen molar-refractivity contribution in [1.29, 1.82) is 0 Å². The lowest BCUT2D eigenvalue weighted by Crippen LogP contribution is -2.47. The van der Waals surface area contributed by atoms with E-state index in [2.05, 4.69) is 50.2 Å². The van der Waals surface area contributed by atoms with Crippen LogP contribution in [0.4, 0.5) is 0 Å². The van der Waals surface area contributed by atoms with Crippen molar-refractivity contribution in [2.75, 3.05) is 20.6 Å². The van der Waals surface area contributed by atoms with E-state index < -0.39 is 0 Å². The molecule has 0 aromatic rings. The predicted molar refractivity (Wildman–Crippen MR) is 72.4 cm³/mol. The standard InChI is InChI=1S/C12H28N4O/c1-6-10(7-12(13)15-17)14-11(9(2)3)8-16(4)5/h9-11,14,17H,6-8H2,1-5H3,(H2,13,15). The molecule has 0 bridgehead atoms. The Hall–Kier alpha value is -0.810. The smallest absolute Gasteiger partial charge is 0.140 e. The molecule has 0 aliphatic rings. The van der Waals surface area contributed by atoms with Gasteiger partial charge in [-0.05, 0) is 26.4 Å². The van der Waals surface area contributed by atoms with Crippen LogP contribution in [-0.2, 0) is 0 Å². The average molecular weight is 244 g/mol. The summed E-state index contributed by atoms with van der Waals surface area (Å²) in [5.74, 6) is 0.843. The molecule has 0 aromatic heterocycles. The van der Waals surface area contributed by atoms with Crippen LogP contribution in [0.2, 0.25) is 0 Å². The third-order valence-electron chi connectivity index (χ3n) is 2.89. The van der Waals surface area contributed by atoms with Gasteiger partial charge in [0.25, 0.3) is 0 Å². The molecule has 0 aliphatic heterocycles. The maximum Gasteiger partial charge on any atom is 0.140 e. The van der Waals surface area contributed by atoms with Gasteiger partial charge in [0, 0.05) is 25.0 Å². The summed E-state index contributed by atoms with van der Waals surface area (Å²) in [5, 5.41) is 15.2. The molecule has 2 unspecified atom stereocenters. The number of hydrogen-bond acceptors (Lipinski definition) is 4. The third kappa shape index (κ3) is 7.18. The lowest BCUT2D eigenvalue weighted by Gasteiger charge is -2.30. The highest BCUT2D eigenvalue weighted by Gasteiger charge is 2.18. The van der Waals surface area contributed by atoms with E-state index in [1.54, 1.807) is 0 Å². The fourth-order valence-electron chi connectivity index (χ4n) is 1.77. The maximum absolute atomic E-state index is 8.59. The number of likely N-dealkylation sites (N-methyl/N-ethyl adjacent to an activating group) is 1. The number of nitrogens with one attached hydrogen (secondary N) is 1. The van der Waals surface area contributed by atoms with Crippen molar-refractivity contribution in [2.45, 2.75) is 45.7 Å². The minimum Gasteiger partial charge on any atom is -0.409 e. The summed E-state index contributed by atoms with van der Waals surface area (Å²) in [5.41, 5.74) is 5.55. The normalized spacial score (nSPS) is 16.5. The molecular formula is C12H28N4O. The van der Waals surface area contributed by atoms with Crippen LogP contribution in [0, 0.1) is 5.92 Å². The topological polar surface area (TPSA) is 73.9 Å². The second kappa shape index (κ2) is 8.31. The molecule has 0 heterocycles. The molecule has 17 heavy (non-hydrogen) atoms. The summed E-state index contributed by atoms with van der Waals surface area (Å²) < 4.78 is 0. The van der Waals surface area contributed by atoms with Gasteiger partial charge in [-0.2, -0.15) is 0 Å². The van der Waals surface area contributed by atoms with Gasteiger partial charge in [-0.1, -0.05) is 25.9 Å². The van der Waals surface area contributed by atoms with Gasteiger partial charge in [0.15, 0.2) is 0 Å². The van der Waals surface area contributed by atoms with Crippen LogP contribution in [-0.4, -0.2) is 48.7 Å². The summed E-state index contributed by atoms with van der Waals surface area (Å²) in [6, 6.07) is 0.680. The van der Waals surface area contributed by atoms with Crippen LogP contribution in [0.5, 0.6) is 0 Å². The van der Waals surface area contributed by atoms with Gasteiger partial charge in [0.1, 0.15) is 5.84 Å². The summed E-state index contributed by atoms with van der Waals surface area (Å²) in [4.78, 5) is 2.17. The van der Waals surface area contributed by atoms with E-state index in [0.717, 1.165) is 13.0 Å². The molecule has 0 rings (SSSR count). The van der Waals surface area contributed by atoms with Crippen molar-refractivity contribution in [1.82, 2.24) is 10.2 Å². The molecule has 0 aliphatic carbocycles. The van der Waals surface area contributed by atoms with Crippen molar-refractivity contribution < 1.29 is 5.21 Å². The fourth-order valence-corrected chi connectivity index (χ4v) is 1.77. The summed E-state index contributed by atoms with van der Waals surface area (Å²) in [6.07, 6.45) is 1.55. The molecule has 0 saturated heterocycles. The number of nitrogens with two attached hydrogens (primary N) is 1. The van der Waals surface area contributed by atoms with Crippen LogP contribution in [0.25, 0.3) is 0 Å². The van der Waals surface area contributed by atoms with Gasteiger partial charge in [-0.25, -0.2) is 0 Å². The van der Waals surface area contributed by atoms with Crippen molar-refractivity contribution in [3.05, 3.63) is 0 Å². The third-order valence-corrected chi connectivity index (χ3v) is 2.89. The van der Waals surface area contributed by atoms with Crippen LogP contribution < -0.4 is 11.1 Å². The van der Waals surface area contributed by atoms with E-state index in [1.165, 1.54) is 0 Å². The van der Waals surface area contributed by atoms with E-state index in [4.69, 9.17) is 10.9 Å². The van der Waals surface area contributed by atoms with E-state index >= 15 is 0 Å². The summed E-state index contributed by atoms with van der Waals surface area (Å²) >= 11 is 0. The molecule has 0 spiro atoms. The number of hydrogen-bond donors (Lipinski definition) is 3. The first-order chi connectivity index (χ1) is 7.90. The Morgan fingerprint density at radius 2 is 2.00 bits per heavy atom. The minimum absolute atomic E-state index is 0.262. The van der Waals surface area contributed by atoms with E-state index in [1.807, 2.05) is 0 Å². The molecule has 5 heteroatoms. The van der Waals surface area contributed by atoms with Crippen LogP contribution in [0.15, 0.2) is 5.16 Å². The predicted octanol–water partition coefficient (Wildman–Crippen LogP) is 1.08. The molecule has 5 nitrogen and oxygen atoms in total. The number of amidine groups is 1. The first-order valence-corrected chi connectivity index (χ1v) is 6.27. The molecule has 0 saturated carbocycles. The molecule has 102 valence electrons. The first kappa shape index (κ1) is 16.2. The van der Waals surface area contributed by atoms with Crippen LogP contribution in [0.3, 0.4) is 0 Å². The number of oxime groups is 1. The SMILES string of the molecule is CCC(CC(N)=NO)NC(CN(C)C)C(C)C. The van der Waals surface area contributed by atoms with Crippen molar-refractivity contribution in [3.8, 4) is 0 Å². The molecule has 2 atom stereocenters. The zero-order valence-electron chi connectivity index (χ0n) is 11.8. The van der Waals surface area contributed by atoms with Gasteiger partial charge in [-0.3, -0.25) is 0 Å². The highest BCUT2D eigenvalue weighted by Crippen LogP contribution is 2.07.